The molecule has 1 N–H and O–H groups in total. The van der Waals surface area contributed by atoms with E-state index in [1.807, 2.05) is 6.92 Å². The summed E-state index contributed by atoms with van der Waals surface area (Å²) >= 11 is 12.3. The lowest BCUT2D eigenvalue weighted by molar-refractivity contribution is -0.131. The van der Waals surface area contributed by atoms with E-state index in [0.29, 0.717) is 27.4 Å². The second-order valence-electron chi connectivity index (χ2n) is 5.43. The van der Waals surface area contributed by atoms with E-state index < -0.39 is 11.8 Å². The van der Waals surface area contributed by atoms with Gasteiger partial charge in [0.2, 0.25) is 5.78 Å². The van der Waals surface area contributed by atoms with Crippen molar-refractivity contribution in [3.63, 3.8) is 0 Å². The van der Waals surface area contributed by atoms with E-state index in [2.05, 4.69) is 9.97 Å². The van der Waals surface area contributed by atoms with Gasteiger partial charge in [-0.1, -0.05) is 30.1 Å². The van der Waals surface area contributed by atoms with Crippen LogP contribution in [-0.2, 0) is 11.2 Å². The number of esters is 1. The predicted octanol–water partition coefficient (Wildman–Crippen LogP) is 4.59. The molecule has 0 aliphatic carbocycles. The standard InChI is InChI=1S/C18H14Cl2N2O3/c1-3-10-6-7-21-15(14(10)20)17(24)16-18(25-9(2)23)12-5-4-11(19)8-13(12)22-16/h4-8,22H,3H2,1-2H3. The van der Waals surface area contributed by atoms with Gasteiger partial charge in [0.15, 0.2) is 5.75 Å². The van der Waals surface area contributed by atoms with Crippen LogP contribution in [0.2, 0.25) is 10.0 Å². The van der Waals surface area contributed by atoms with Crippen molar-refractivity contribution in [1.29, 1.82) is 0 Å². The zero-order valence-corrected chi connectivity index (χ0v) is 15.0. The highest BCUT2D eigenvalue weighted by Crippen LogP contribution is 2.34. The van der Waals surface area contributed by atoms with Gasteiger partial charge >= 0.3 is 5.97 Å². The number of aromatic amines is 1. The fraction of sp³-hybridized carbons (Fsp3) is 0.167. The van der Waals surface area contributed by atoms with Crippen LogP contribution in [-0.4, -0.2) is 21.7 Å². The second kappa shape index (κ2) is 6.86. The Balaban J connectivity index is 2.20. The van der Waals surface area contributed by atoms with E-state index in [0.717, 1.165) is 5.56 Å². The minimum atomic E-state index is -0.536. The summed E-state index contributed by atoms with van der Waals surface area (Å²) in [6.45, 7) is 3.20. The molecule has 0 atom stereocenters. The summed E-state index contributed by atoms with van der Waals surface area (Å²) in [5, 5.41) is 1.36. The SMILES string of the molecule is CCc1ccnc(C(=O)c2[nH]c3cc(Cl)ccc3c2OC(C)=O)c1Cl. The third kappa shape index (κ3) is 3.25. The third-order valence-corrected chi connectivity index (χ3v) is 4.41. The average molecular weight is 377 g/mol. The van der Waals surface area contributed by atoms with Crippen molar-refractivity contribution in [2.75, 3.05) is 0 Å². The first kappa shape index (κ1) is 17.5. The molecular formula is C18H14Cl2N2O3. The van der Waals surface area contributed by atoms with E-state index in [-0.39, 0.29) is 17.1 Å². The van der Waals surface area contributed by atoms with Crippen molar-refractivity contribution in [2.45, 2.75) is 20.3 Å². The number of nitrogens with one attached hydrogen (secondary N) is 1. The highest BCUT2D eigenvalue weighted by molar-refractivity contribution is 6.35. The summed E-state index contributed by atoms with van der Waals surface area (Å²) in [6, 6.07) is 6.75. The third-order valence-electron chi connectivity index (χ3n) is 3.75. The van der Waals surface area contributed by atoms with E-state index in [4.69, 9.17) is 27.9 Å². The maximum atomic E-state index is 13.0. The number of fused-ring (bicyclic) bond motifs is 1. The van der Waals surface area contributed by atoms with Crippen LogP contribution in [0.1, 0.15) is 35.6 Å². The number of H-pyrrole nitrogens is 1. The number of carbonyl (C=O) groups is 2. The molecule has 1 aromatic carbocycles. The second-order valence-corrected chi connectivity index (χ2v) is 6.24. The summed E-state index contributed by atoms with van der Waals surface area (Å²) in [7, 11) is 0. The molecular weight excluding hydrogens is 363 g/mol. The Bertz CT molecular complexity index is 995. The first-order valence-electron chi connectivity index (χ1n) is 7.60. The molecule has 0 saturated heterocycles. The molecule has 0 aliphatic heterocycles. The molecule has 25 heavy (non-hydrogen) atoms. The first-order chi connectivity index (χ1) is 11.9. The van der Waals surface area contributed by atoms with Crippen LogP contribution >= 0.6 is 23.2 Å². The Hall–Kier alpha value is -2.37. The highest BCUT2D eigenvalue weighted by Gasteiger charge is 2.25. The van der Waals surface area contributed by atoms with Gasteiger partial charge in [0, 0.05) is 23.5 Å². The smallest absolute Gasteiger partial charge is 0.308 e. The van der Waals surface area contributed by atoms with Gasteiger partial charge in [-0.25, -0.2) is 0 Å². The van der Waals surface area contributed by atoms with Gasteiger partial charge in [-0.3, -0.25) is 14.6 Å². The van der Waals surface area contributed by atoms with Crippen molar-refractivity contribution in [3.8, 4) is 5.75 Å². The Kier molecular flexibility index (Phi) is 4.79. The predicted molar refractivity (Wildman–Crippen MR) is 96.7 cm³/mol. The number of hydrogen-bond donors (Lipinski definition) is 1. The van der Waals surface area contributed by atoms with Crippen LogP contribution < -0.4 is 4.74 Å². The van der Waals surface area contributed by atoms with E-state index in [1.165, 1.54) is 13.1 Å². The number of ketones is 1. The van der Waals surface area contributed by atoms with Crippen LogP contribution in [0, 0.1) is 0 Å². The number of hydrogen-bond acceptors (Lipinski definition) is 4. The van der Waals surface area contributed by atoms with E-state index in [1.54, 1.807) is 24.3 Å². The van der Waals surface area contributed by atoms with Gasteiger partial charge in [-0.2, -0.15) is 0 Å². The zero-order chi connectivity index (χ0) is 18.1. The average Bonchev–Trinajstić information content (AvgIpc) is 2.91. The van der Waals surface area contributed by atoms with Gasteiger partial charge in [-0.05, 0) is 36.2 Å². The molecule has 0 bridgehead atoms. The van der Waals surface area contributed by atoms with Crippen molar-refractivity contribution in [1.82, 2.24) is 9.97 Å². The number of aryl methyl sites for hydroxylation is 1. The molecule has 5 nitrogen and oxygen atoms in total. The minimum Gasteiger partial charge on any atom is -0.424 e. The number of ether oxygens (including phenoxy) is 1. The number of carbonyl (C=O) groups excluding carboxylic acids is 2. The minimum absolute atomic E-state index is 0.104. The van der Waals surface area contributed by atoms with Crippen molar-refractivity contribution in [2.24, 2.45) is 0 Å². The molecule has 2 aromatic heterocycles. The summed E-state index contributed by atoms with van der Waals surface area (Å²) in [4.78, 5) is 31.5. The number of nitrogens with zero attached hydrogens (tertiary/aromatic N) is 1. The van der Waals surface area contributed by atoms with Crippen LogP contribution in [0.3, 0.4) is 0 Å². The quantitative estimate of drug-likeness (QED) is 0.533. The molecule has 0 spiro atoms. The largest absolute Gasteiger partial charge is 0.424 e. The Morgan fingerprint density at radius 2 is 2.00 bits per heavy atom. The van der Waals surface area contributed by atoms with Gasteiger partial charge in [-0.15, -0.1) is 0 Å². The number of pyridine rings is 1. The first-order valence-corrected chi connectivity index (χ1v) is 8.35. The monoisotopic (exact) mass is 376 g/mol. The summed E-state index contributed by atoms with van der Waals surface area (Å²) < 4.78 is 5.27. The molecule has 0 aliphatic rings. The maximum absolute atomic E-state index is 13.0. The molecule has 0 fully saturated rings. The molecule has 2 heterocycles. The molecule has 3 aromatic rings. The van der Waals surface area contributed by atoms with Crippen molar-refractivity contribution in [3.05, 3.63) is 57.5 Å². The molecule has 0 amide bonds. The lowest BCUT2D eigenvalue weighted by Crippen LogP contribution is -2.10. The van der Waals surface area contributed by atoms with E-state index in [9.17, 15) is 9.59 Å². The molecule has 3 rings (SSSR count). The number of aromatic nitrogens is 2. The summed E-state index contributed by atoms with van der Waals surface area (Å²) in [5.74, 6) is -0.848. The van der Waals surface area contributed by atoms with E-state index >= 15 is 0 Å². The lowest BCUT2D eigenvalue weighted by atomic mass is 10.1. The van der Waals surface area contributed by atoms with Crippen LogP contribution in [0.4, 0.5) is 0 Å². The fourth-order valence-electron chi connectivity index (χ4n) is 2.59. The van der Waals surface area contributed by atoms with Gasteiger partial charge in [0.05, 0.1) is 10.5 Å². The molecule has 128 valence electrons. The highest BCUT2D eigenvalue weighted by atomic mass is 35.5. The number of rotatable bonds is 4. The molecule has 0 radical (unpaired) electrons. The molecule has 0 saturated carbocycles. The van der Waals surface area contributed by atoms with Crippen LogP contribution in [0.5, 0.6) is 5.75 Å². The topological polar surface area (TPSA) is 72.1 Å². The Morgan fingerprint density at radius 3 is 2.68 bits per heavy atom. The normalized spacial score (nSPS) is 10.9. The van der Waals surface area contributed by atoms with Crippen molar-refractivity contribution >= 4 is 45.9 Å². The van der Waals surface area contributed by atoms with Crippen LogP contribution in [0.25, 0.3) is 10.9 Å². The Morgan fingerprint density at radius 1 is 1.24 bits per heavy atom. The number of benzene rings is 1. The van der Waals surface area contributed by atoms with Gasteiger partial charge in [0.1, 0.15) is 11.4 Å². The zero-order valence-electron chi connectivity index (χ0n) is 13.5. The molecule has 0 unspecified atom stereocenters. The van der Waals surface area contributed by atoms with Crippen LogP contribution in [0.15, 0.2) is 30.5 Å². The van der Waals surface area contributed by atoms with Gasteiger partial charge in [0.25, 0.3) is 0 Å². The summed E-state index contributed by atoms with van der Waals surface area (Å²) in [5.41, 5.74) is 1.60. The Labute approximate surface area is 153 Å². The van der Waals surface area contributed by atoms with Gasteiger partial charge < -0.3 is 9.72 Å². The number of halogens is 2. The maximum Gasteiger partial charge on any atom is 0.308 e. The summed E-state index contributed by atoms with van der Waals surface area (Å²) in [6.07, 6.45) is 2.20. The fourth-order valence-corrected chi connectivity index (χ4v) is 3.09. The lowest BCUT2D eigenvalue weighted by Gasteiger charge is -2.07. The van der Waals surface area contributed by atoms with Crippen molar-refractivity contribution < 1.29 is 14.3 Å². The molecule has 7 heteroatoms.